The SMILES string of the molecule is CN(C)CCCOC1(OCCCN(C)C)c2cc(Br)ccc2-c2ccc(Br)cc21. The first-order valence-corrected chi connectivity index (χ1v) is 11.6. The van der Waals surface area contributed by atoms with Crippen LogP contribution in [0.3, 0.4) is 0 Å². The van der Waals surface area contributed by atoms with Gasteiger partial charge in [-0.15, -0.1) is 0 Å². The van der Waals surface area contributed by atoms with Gasteiger partial charge in [0.2, 0.25) is 5.79 Å². The third kappa shape index (κ3) is 5.30. The minimum absolute atomic E-state index is 0.629. The third-order valence-corrected chi connectivity index (χ3v) is 6.06. The molecule has 0 radical (unpaired) electrons. The van der Waals surface area contributed by atoms with Gasteiger partial charge in [-0.3, -0.25) is 0 Å². The molecule has 0 bridgehead atoms. The van der Waals surface area contributed by atoms with E-state index in [1.54, 1.807) is 0 Å². The Morgan fingerprint density at radius 1 is 0.724 bits per heavy atom. The second-order valence-corrected chi connectivity index (χ2v) is 9.84. The van der Waals surface area contributed by atoms with E-state index in [2.05, 4.69) is 106 Å². The lowest BCUT2D eigenvalue weighted by Crippen LogP contribution is -2.34. The fourth-order valence-electron chi connectivity index (χ4n) is 3.74. The second-order valence-electron chi connectivity index (χ2n) is 8.01. The van der Waals surface area contributed by atoms with Crippen molar-refractivity contribution in [3.05, 3.63) is 56.5 Å². The number of hydrogen-bond acceptors (Lipinski definition) is 4. The van der Waals surface area contributed by atoms with Gasteiger partial charge in [0.25, 0.3) is 0 Å². The Hall–Kier alpha value is -0.760. The van der Waals surface area contributed by atoms with Crippen LogP contribution in [0.2, 0.25) is 0 Å². The van der Waals surface area contributed by atoms with Gasteiger partial charge in [-0.1, -0.05) is 44.0 Å². The molecule has 0 unspecified atom stereocenters. The van der Waals surface area contributed by atoms with E-state index in [0.29, 0.717) is 13.2 Å². The monoisotopic (exact) mass is 524 g/mol. The van der Waals surface area contributed by atoms with Crippen LogP contribution in [0.15, 0.2) is 45.3 Å². The van der Waals surface area contributed by atoms with Crippen molar-refractivity contribution in [1.29, 1.82) is 0 Å². The largest absolute Gasteiger partial charge is 0.342 e. The highest BCUT2D eigenvalue weighted by molar-refractivity contribution is 9.10. The highest BCUT2D eigenvalue weighted by atomic mass is 79.9. The summed E-state index contributed by atoms with van der Waals surface area (Å²) in [6.45, 7) is 3.22. The molecule has 1 aliphatic carbocycles. The molecular weight excluding hydrogens is 496 g/mol. The minimum atomic E-state index is -0.878. The Morgan fingerprint density at radius 2 is 1.14 bits per heavy atom. The molecule has 1 aliphatic rings. The predicted octanol–water partition coefficient (Wildman–Crippen LogP) is 5.33. The number of nitrogens with zero attached hydrogens (tertiary/aromatic N) is 2. The van der Waals surface area contributed by atoms with E-state index in [-0.39, 0.29) is 0 Å². The van der Waals surface area contributed by atoms with Crippen molar-refractivity contribution in [2.75, 3.05) is 54.5 Å². The summed E-state index contributed by atoms with van der Waals surface area (Å²) in [4.78, 5) is 4.36. The van der Waals surface area contributed by atoms with Gasteiger partial charge in [-0.05, 0) is 89.5 Å². The molecule has 2 aromatic rings. The van der Waals surface area contributed by atoms with E-state index >= 15 is 0 Å². The van der Waals surface area contributed by atoms with Crippen LogP contribution in [0.1, 0.15) is 24.0 Å². The summed E-state index contributed by atoms with van der Waals surface area (Å²) in [7, 11) is 8.34. The van der Waals surface area contributed by atoms with Crippen molar-refractivity contribution >= 4 is 31.9 Å². The van der Waals surface area contributed by atoms with Gasteiger partial charge in [0.05, 0.1) is 13.2 Å². The fraction of sp³-hybridized carbons (Fsp3) is 0.478. The average Bonchev–Trinajstić information content (AvgIpc) is 2.91. The van der Waals surface area contributed by atoms with Crippen LogP contribution >= 0.6 is 31.9 Å². The molecule has 0 aromatic heterocycles. The molecule has 0 atom stereocenters. The van der Waals surface area contributed by atoms with E-state index in [1.165, 1.54) is 11.1 Å². The Labute approximate surface area is 191 Å². The van der Waals surface area contributed by atoms with Gasteiger partial charge in [-0.2, -0.15) is 0 Å². The summed E-state index contributed by atoms with van der Waals surface area (Å²) >= 11 is 7.29. The van der Waals surface area contributed by atoms with Gasteiger partial charge in [0.15, 0.2) is 0 Å². The van der Waals surface area contributed by atoms with Crippen LogP contribution in [0.5, 0.6) is 0 Å². The molecule has 0 aliphatic heterocycles. The number of fused-ring (bicyclic) bond motifs is 3. The van der Waals surface area contributed by atoms with Crippen molar-refractivity contribution in [2.24, 2.45) is 0 Å². The zero-order valence-electron chi connectivity index (χ0n) is 17.7. The molecule has 0 spiro atoms. The molecule has 6 heteroatoms. The Kier molecular flexibility index (Phi) is 7.93. The average molecular weight is 526 g/mol. The first-order valence-electron chi connectivity index (χ1n) is 10.0. The molecule has 158 valence electrons. The van der Waals surface area contributed by atoms with Crippen molar-refractivity contribution in [3.8, 4) is 11.1 Å². The Balaban J connectivity index is 1.98. The Morgan fingerprint density at radius 3 is 1.52 bits per heavy atom. The van der Waals surface area contributed by atoms with Crippen LogP contribution in [0.4, 0.5) is 0 Å². The molecule has 0 fully saturated rings. The quantitative estimate of drug-likeness (QED) is 0.309. The van der Waals surface area contributed by atoms with E-state index < -0.39 is 5.79 Å². The summed E-state index contributed by atoms with van der Waals surface area (Å²) in [6, 6.07) is 12.8. The lowest BCUT2D eigenvalue weighted by atomic mass is 10.0. The maximum Gasteiger partial charge on any atom is 0.223 e. The van der Waals surface area contributed by atoms with Gasteiger partial charge < -0.3 is 19.3 Å². The predicted molar refractivity (Wildman–Crippen MR) is 126 cm³/mol. The lowest BCUT2D eigenvalue weighted by molar-refractivity contribution is -0.216. The fourth-order valence-corrected chi connectivity index (χ4v) is 4.46. The number of benzene rings is 2. The third-order valence-electron chi connectivity index (χ3n) is 5.07. The van der Waals surface area contributed by atoms with Crippen molar-refractivity contribution < 1.29 is 9.47 Å². The molecule has 0 saturated heterocycles. The molecule has 4 nitrogen and oxygen atoms in total. The molecule has 0 amide bonds. The summed E-state index contributed by atoms with van der Waals surface area (Å²) in [5.41, 5.74) is 4.51. The van der Waals surface area contributed by atoms with Crippen molar-refractivity contribution in [1.82, 2.24) is 9.80 Å². The van der Waals surface area contributed by atoms with Crippen LogP contribution in [0.25, 0.3) is 11.1 Å². The molecule has 2 aromatic carbocycles. The Bertz CT molecular complexity index is 770. The molecule has 0 saturated carbocycles. The van der Waals surface area contributed by atoms with E-state index in [0.717, 1.165) is 46.0 Å². The van der Waals surface area contributed by atoms with Crippen LogP contribution in [0, 0.1) is 0 Å². The standard InChI is InChI=1S/C23H30Br2N2O2/c1-26(2)11-5-13-28-23(29-14-6-12-27(3)4)21-15-17(24)7-9-19(21)20-10-8-18(25)16-22(20)23/h7-10,15-16H,5-6,11-14H2,1-4H3. The molecule has 0 heterocycles. The number of ether oxygens (including phenoxy) is 2. The zero-order chi connectivity index (χ0) is 21.0. The molecule has 3 rings (SSSR count). The van der Waals surface area contributed by atoms with Gasteiger partial charge in [-0.25, -0.2) is 0 Å². The summed E-state index contributed by atoms with van der Waals surface area (Å²) in [5, 5.41) is 0. The number of halogens is 2. The summed E-state index contributed by atoms with van der Waals surface area (Å²) in [6.07, 6.45) is 1.89. The van der Waals surface area contributed by atoms with Crippen LogP contribution in [-0.2, 0) is 15.3 Å². The highest BCUT2D eigenvalue weighted by Gasteiger charge is 2.46. The van der Waals surface area contributed by atoms with Crippen LogP contribution in [-0.4, -0.2) is 64.3 Å². The molecule has 0 N–H and O–H groups in total. The molecular formula is C23H30Br2N2O2. The minimum Gasteiger partial charge on any atom is -0.342 e. The zero-order valence-corrected chi connectivity index (χ0v) is 20.8. The van der Waals surface area contributed by atoms with Gasteiger partial charge in [0.1, 0.15) is 0 Å². The smallest absolute Gasteiger partial charge is 0.223 e. The van der Waals surface area contributed by atoms with Crippen molar-refractivity contribution in [2.45, 2.75) is 18.6 Å². The van der Waals surface area contributed by atoms with Crippen LogP contribution < -0.4 is 0 Å². The molecule has 29 heavy (non-hydrogen) atoms. The number of rotatable bonds is 10. The summed E-state index contributed by atoms with van der Waals surface area (Å²) in [5.74, 6) is -0.878. The topological polar surface area (TPSA) is 24.9 Å². The first-order chi connectivity index (χ1) is 13.8. The second kappa shape index (κ2) is 10.0. The summed E-state index contributed by atoms with van der Waals surface area (Å²) < 4.78 is 15.3. The number of hydrogen-bond donors (Lipinski definition) is 0. The van der Waals surface area contributed by atoms with Gasteiger partial charge >= 0.3 is 0 Å². The van der Waals surface area contributed by atoms with Crippen molar-refractivity contribution in [3.63, 3.8) is 0 Å². The first kappa shape index (κ1) is 22.9. The van der Waals surface area contributed by atoms with E-state index in [9.17, 15) is 0 Å². The maximum absolute atomic E-state index is 6.61. The maximum atomic E-state index is 6.61. The van der Waals surface area contributed by atoms with E-state index in [4.69, 9.17) is 9.47 Å². The lowest BCUT2D eigenvalue weighted by Gasteiger charge is -2.33. The van der Waals surface area contributed by atoms with E-state index in [1.807, 2.05) is 0 Å². The normalized spacial score (nSPS) is 14.5. The highest BCUT2D eigenvalue weighted by Crippen LogP contribution is 2.51. The van der Waals surface area contributed by atoms with Gasteiger partial charge in [0, 0.05) is 20.1 Å².